The molecule has 0 aliphatic rings. The van der Waals surface area contributed by atoms with Gasteiger partial charge >= 0.3 is 0 Å². The molecule has 3 heteroatoms. The molecule has 8 rings (SSSR count). The van der Waals surface area contributed by atoms with Crippen LogP contribution >= 0.6 is 0 Å². The summed E-state index contributed by atoms with van der Waals surface area (Å²) in [7, 11) is 0. The van der Waals surface area contributed by atoms with Crippen LogP contribution in [0.1, 0.15) is 33.5 Å². The van der Waals surface area contributed by atoms with Crippen molar-refractivity contribution >= 4 is 44.9 Å². The Labute approximate surface area is 311 Å². The molecular formula is C50H39N3. The molecule has 1 aromatic heterocycles. The number of allylic oxidation sites excluding steroid dienone is 1. The van der Waals surface area contributed by atoms with Crippen LogP contribution in [0.4, 0.5) is 0 Å². The van der Waals surface area contributed by atoms with Gasteiger partial charge in [0.25, 0.3) is 0 Å². The van der Waals surface area contributed by atoms with Crippen molar-refractivity contribution in [3.05, 3.63) is 229 Å². The number of hydrogen-bond donors (Lipinski definition) is 1. The van der Waals surface area contributed by atoms with Gasteiger partial charge in [-0.2, -0.15) is 0 Å². The van der Waals surface area contributed by atoms with Crippen molar-refractivity contribution in [1.29, 1.82) is 0 Å². The second-order valence-corrected chi connectivity index (χ2v) is 13.1. The van der Waals surface area contributed by atoms with E-state index in [1.807, 2.05) is 48.5 Å². The molecule has 254 valence electrons. The molecule has 0 spiro atoms. The summed E-state index contributed by atoms with van der Waals surface area (Å²) in [4.78, 5) is 5.04. The first kappa shape index (κ1) is 33.2. The number of benzene rings is 7. The number of nitrogens with two attached hydrogens (primary N) is 1. The highest BCUT2D eigenvalue weighted by atomic mass is 15.0. The number of amidine groups is 1. The zero-order valence-electron chi connectivity index (χ0n) is 29.5. The summed E-state index contributed by atoms with van der Waals surface area (Å²) in [6.07, 6.45) is 4.86. The molecule has 0 aliphatic heterocycles. The molecule has 0 fully saturated rings. The highest BCUT2D eigenvalue weighted by molar-refractivity contribution is 6.06. The summed E-state index contributed by atoms with van der Waals surface area (Å²) < 4.78 is 2.27. The molecule has 2 N–H and O–H groups in total. The van der Waals surface area contributed by atoms with Crippen molar-refractivity contribution in [2.24, 2.45) is 10.7 Å². The van der Waals surface area contributed by atoms with Gasteiger partial charge in [0.1, 0.15) is 5.84 Å². The van der Waals surface area contributed by atoms with E-state index in [1.54, 1.807) is 0 Å². The Morgan fingerprint density at radius 2 is 1.21 bits per heavy atom. The fourth-order valence-electron chi connectivity index (χ4n) is 7.24. The second kappa shape index (κ2) is 14.7. The van der Waals surface area contributed by atoms with Crippen LogP contribution < -0.4 is 5.73 Å². The van der Waals surface area contributed by atoms with E-state index in [1.165, 1.54) is 5.56 Å². The topological polar surface area (TPSA) is 43.3 Å². The summed E-state index contributed by atoms with van der Waals surface area (Å²) in [5.74, 6) is 0.486. The van der Waals surface area contributed by atoms with Crippen LogP contribution in [-0.4, -0.2) is 10.4 Å². The van der Waals surface area contributed by atoms with Gasteiger partial charge in [0.05, 0.1) is 16.9 Å². The van der Waals surface area contributed by atoms with E-state index in [0.717, 1.165) is 84.1 Å². The number of rotatable bonds is 10. The normalized spacial score (nSPS) is 11.9. The van der Waals surface area contributed by atoms with Crippen molar-refractivity contribution in [3.8, 4) is 16.8 Å². The van der Waals surface area contributed by atoms with Gasteiger partial charge in [0.2, 0.25) is 0 Å². The van der Waals surface area contributed by atoms with Crippen molar-refractivity contribution in [1.82, 2.24) is 4.57 Å². The van der Waals surface area contributed by atoms with Crippen LogP contribution in [0.25, 0.3) is 55.8 Å². The Morgan fingerprint density at radius 3 is 1.91 bits per heavy atom. The van der Waals surface area contributed by atoms with E-state index in [-0.39, 0.29) is 0 Å². The number of aliphatic imine (C=N–C) groups is 1. The van der Waals surface area contributed by atoms with Gasteiger partial charge in [-0.3, -0.25) is 0 Å². The third-order valence-corrected chi connectivity index (χ3v) is 9.85. The van der Waals surface area contributed by atoms with Crippen molar-refractivity contribution in [2.45, 2.75) is 6.42 Å². The lowest BCUT2D eigenvalue weighted by Crippen LogP contribution is -2.13. The molecule has 0 radical (unpaired) electrons. The maximum atomic E-state index is 6.62. The average Bonchev–Trinajstić information content (AvgIpc) is 3.57. The second-order valence-electron chi connectivity index (χ2n) is 13.1. The average molecular weight is 682 g/mol. The first-order valence-electron chi connectivity index (χ1n) is 17.9. The van der Waals surface area contributed by atoms with Gasteiger partial charge in [-0.1, -0.05) is 177 Å². The highest BCUT2D eigenvalue weighted by Crippen LogP contribution is 2.39. The van der Waals surface area contributed by atoms with E-state index >= 15 is 0 Å². The van der Waals surface area contributed by atoms with E-state index in [0.29, 0.717) is 5.84 Å². The van der Waals surface area contributed by atoms with E-state index in [9.17, 15) is 0 Å². The molecular weight excluding hydrogens is 643 g/mol. The SMILES string of the molecule is C=Cc1c(C(=C)c2ccc(-c3ccc(C(=C/Cc4ccccc4)/N=C(\N)c4ccccc4)c4ccccc34)cc2)c2ccccc2n1-c1ccccc1. The predicted molar refractivity (Wildman–Crippen MR) is 226 cm³/mol. The maximum Gasteiger partial charge on any atom is 0.131 e. The smallest absolute Gasteiger partial charge is 0.131 e. The van der Waals surface area contributed by atoms with Crippen LogP contribution in [0.2, 0.25) is 0 Å². The summed E-state index contributed by atoms with van der Waals surface area (Å²) in [5, 5.41) is 3.41. The molecule has 0 bridgehead atoms. The van der Waals surface area contributed by atoms with Crippen LogP contribution in [0.3, 0.4) is 0 Å². The molecule has 0 unspecified atom stereocenters. The Hall–Kier alpha value is -6.97. The largest absolute Gasteiger partial charge is 0.383 e. The highest BCUT2D eigenvalue weighted by Gasteiger charge is 2.20. The first-order valence-corrected chi connectivity index (χ1v) is 17.9. The summed E-state index contributed by atoms with van der Waals surface area (Å²) >= 11 is 0. The number of nitrogens with zero attached hydrogens (tertiary/aromatic N) is 2. The van der Waals surface area contributed by atoms with Crippen LogP contribution in [0, 0.1) is 0 Å². The zero-order valence-corrected chi connectivity index (χ0v) is 29.5. The number of aromatic nitrogens is 1. The molecule has 7 aromatic carbocycles. The van der Waals surface area contributed by atoms with Crippen LogP contribution in [0.5, 0.6) is 0 Å². The predicted octanol–water partition coefficient (Wildman–Crippen LogP) is 12.1. The van der Waals surface area contributed by atoms with Crippen molar-refractivity contribution in [3.63, 3.8) is 0 Å². The molecule has 1 heterocycles. The molecule has 53 heavy (non-hydrogen) atoms. The van der Waals surface area contributed by atoms with Crippen LogP contribution in [-0.2, 0) is 6.42 Å². The summed E-state index contributed by atoms with van der Waals surface area (Å²) in [6.45, 7) is 8.87. The first-order chi connectivity index (χ1) is 26.1. The number of fused-ring (bicyclic) bond motifs is 2. The van der Waals surface area contributed by atoms with Gasteiger partial charge in [-0.25, -0.2) is 4.99 Å². The zero-order chi connectivity index (χ0) is 36.1. The lowest BCUT2D eigenvalue weighted by atomic mass is 9.91. The van der Waals surface area contributed by atoms with Crippen molar-refractivity contribution in [2.75, 3.05) is 0 Å². The van der Waals surface area contributed by atoms with E-state index < -0.39 is 0 Å². The summed E-state index contributed by atoms with van der Waals surface area (Å²) in [6, 6.07) is 61.0. The monoisotopic (exact) mass is 681 g/mol. The van der Waals surface area contributed by atoms with Crippen molar-refractivity contribution < 1.29 is 0 Å². The molecule has 0 saturated heterocycles. The number of para-hydroxylation sites is 2. The Kier molecular flexibility index (Phi) is 9.21. The van der Waals surface area contributed by atoms with E-state index in [2.05, 4.69) is 157 Å². The fourth-order valence-corrected chi connectivity index (χ4v) is 7.24. The maximum absolute atomic E-state index is 6.62. The Bertz CT molecular complexity index is 2640. The minimum absolute atomic E-state index is 0.486. The van der Waals surface area contributed by atoms with Gasteiger partial charge in [-0.15, -0.1) is 0 Å². The third kappa shape index (κ3) is 6.53. The Balaban J connectivity index is 1.18. The molecule has 0 amide bonds. The third-order valence-electron chi connectivity index (χ3n) is 9.85. The van der Waals surface area contributed by atoms with Gasteiger partial charge in [-0.05, 0) is 69.3 Å². The molecule has 0 aliphatic carbocycles. The Morgan fingerprint density at radius 1 is 0.604 bits per heavy atom. The quantitative estimate of drug-likeness (QED) is 0.113. The van der Waals surface area contributed by atoms with Gasteiger partial charge in [0.15, 0.2) is 0 Å². The fraction of sp³-hybridized carbons (Fsp3) is 0.0200. The lowest BCUT2D eigenvalue weighted by molar-refractivity contribution is 1.10. The number of hydrogen-bond acceptors (Lipinski definition) is 1. The standard InChI is InChI=1S/C50H39N3/c1-3-47-49(45-25-15-16-26-48(45)53(47)40-21-11-6-12-22-40)35(2)37-28-30-38(31-29-37)41-32-33-44(43-24-14-13-23-42(41)43)46(34-27-36-17-7-4-8-18-36)52-50(51)39-19-9-5-10-20-39/h3-26,28-34H,1-2,27H2,(H2,51,52)/b46-34-. The van der Waals surface area contributed by atoms with Crippen LogP contribution in [0.15, 0.2) is 200 Å². The molecule has 0 saturated carbocycles. The van der Waals surface area contributed by atoms with Gasteiger partial charge < -0.3 is 10.3 Å². The molecule has 3 nitrogen and oxygen atoms in total. The lowest BCUT2D eigenvalue weighted by Gasteiger charge is -2.14. The van der Waals surface area contributed by atoms with E-state index in [4.69, 9.17) is 10.7 Å². The summed E-state index contributed by atoms with van der Waals surface area (Å²) in [5.41, 5.74) is 19.2. The molecule has 8 aromatic rings. The molecule has 0 atom stereocenters. The minimum Gasteiger partial charge on any atom is -0.383 e. The minimum atomic E-state index is 0.486. The van der Waals surface area contributed by atoms with Gasteiger partial charge in [0, 0.05) is 27.8 Å².